The van der Waals surface area contributed by atoms with E-state index >= 15 is 0 Å². The first-order chi connectivity index (χ1) is 13.5. The number of rotatable bonds is 6. The highest BCUT2D eigenvalue weighted by Crippen LogP contribution is 2.46. The predicted octanol–water partition coefficient (Wildman–Crippen LogP) is 4.17. The zero-order chi connectivity index (χ0) is 20.1. The largest absolute Gasteiger partial charge is 0.369 e. The van der Waals surface area contributed by atoms with Gasteiger partial charge in [0.1, 0.15) is 5.41 Å². The van der Waals surface area contributed by atoms with E-state index in [1.165, 1.54) is 3.70 Å². The predicted molar refractivity (Wildman–Crippen MR) is 118 cm³/mol. The van der Waals surface area contributed by atoms with Gasteiger partial charge in [0, 0.05) is 0 Å². The second-order valence-electron chi connectivity index (χ2n) is 6.40. The maximum atomic E-state index is 13.4. The normalized spacial score (nSPS) is 12.2. The van der Waals surface area contributed by atoms with Crippen molar-refractivity contribution in [1.29, 1.82) is 0 Å². The van der Waals surface area contributed by atoms with Crippen molar-refractivity contribution in [2.45, 2.75) is 11.3 Å². The molecule has 0 heterocycles. The second-order valence-corrected chi connectivity index (χ2v) is 8.43. The van der Waals surface area contributed by atoms with Crippen molar-refractivity contribution in [2.75, 3.05) is 0 Å². The van der Waals surface area contributed by atoms with E-state index in [1.54, 1.807) is 0 Å². The van der Waals surface area contributed by atoms with E-state index < -0.39 is 17.2 Å². The number of carbonyl (C=O) groups excluding carboxylic acids is 2. The molecule has 0 aliphatic heterocycles. The SMILES string of the molecule is NC(=O)C(c1ccccc1)(c1ccccc1)C(C(=O)N(P)Br)c1ccccc1. The smallest absolute Gasteiger partial charge is 0.244 e. The summed E-state index contributed by atoms with van der Waals surface area (Å²) in [5.41, 5.74) is 6.72. The third-order valence-electron chi connectivity index (χ3n) is 4.87. The van der Waals surface area contributed by atoms with Gasteiger partial charge in [-0.3, -0.25) is 13.3 Å². The van der Waals surface area contributed by atoms with Crippen LogP contribution in [0, 0.1) is 0 Å². The second kappa shape index (κ2) is 8.68. The standard InChI is InChI=1S/C22H20BrN2O2P/c23-25(28)20(26)19(16-10-4-1-5-11-16)22(21(24)27,17-12-6-2-7-13-17)18-14-8-3-9-15-18/h1-15,19H,28H2,(H2,24,27). The lowest BCUT2D eigenvalue weighted by Crippen LogP contribution is -2.51. The molecule has 6 heteroatoms. The number of benzene rings is 3. The van der Waals surface area contributed by atoms with E-state index in [2.05, 4.69) is 25.5 Å². The minimum Gasteiger partial charge on any atom is -0.369 e. The summed E-state index contributed by atoms with van der Waals surface area (Å²) in [6.45, 7) is 0. The van der Waals surface area contributed by atoms with Gasteiger partial charge in [0.2, 0.25) is 11.8 Å². The molecule has 2 atom stereocenters. The molecule has 0 aliphatic rings. The highest BCUT2D eigenvalue weighted by molar-refractivity contribution is 9.08. The van der Waals surface area contributed by atoms with E-state index in [0.29, 0.717) is 16.7 Å². The molecule has 28 heavy (non-hydrogen) atoms. The topological polar surface area (TPSA) is 63.4 Å². The molecule has 0 fully saturated rings. The molecule has 142 valence electrons. The number of hydrogen-bond acceptors (Lipinski definition) is 2. The molecule has 3 aromatic carbocycles. The molecule has 0 spiro atoms. The van der Waals surface area contributed by atoms with E-state index in [9.17, 15) is 9.59 Å². The number of amides is 2. The number of halogens is 1. The van der Waals surface area contributed by atoms with Crippen molar-refractivity contribution in [1.82, 2.24) is 3.70 Å². The van der Waals surface area contributed by atoms with E-state index in [1.807, 2.05) is 91.0 Å². The summed E-state index contributed by atoms with van der Waals surface area (Å²) in [7, 11) is 2.31. The average Bonchev–Trinajstić information content (AvgIpc) is 2.73. The Balaban J connectivity index is 2.42. The molecular formula is C22H20BrN2O2P. The monoisotopic (exact) mass is 454 g/mol. The molecule has 2 amide bonds. The first-order valence-corrected chi connectivity index (χ1v) is 9.92. The summed E-state index contributed by atoms with van der Waals surface area (Å²) in [4.78, 5) is 26.6. The summed E-state index contributed by atoms with van der Waals surface area (Å²) >= 11 is 3.22. The molecule has 0 saturated heterocycles. The van der Waals surface area contributed by atoms with Crippen molar-refractivity contribution in [3.63, 3.8) is 0 Å². The molecular weight excluding hydrogens is 435 g/mol. The van der Waals surface area contributed by atoms with Crippen LogP contribution in [0.25, 0.3) is 0 Å². The maximum Gasteiger partial charge on any atom is 0.244 e. The number of nitrogens with two attached hydrogens (primary N) is 1. The Bertz CT molecular complexity index is 911. The van der Waals surface area contributed by atoms with Gasteiger partial charge in [-0.05, 0) is 26.1 Å². The molecule has 3 aromatic rings. The fourth-order valence-electron chi connectivity index (χ4n) is 3.68. The van der Waals surface area contributed by atoms with Crippen LogP contribution in [0.5, 0.6) is 0 Å². The number of carbonyl (C=O) groups is 2. The lowest BCUT2D eigenvalue weighted by atomic mass is 9.62. The highest BCUT2D eigenvalue weighted by atomic mass is 79.9. The fourth-order valence-corrected chi connectivity index (χ4v) is 4.03. The van der Waals surface area contributed by atoms with Gasteiger partial charge in [0.15, 0.2) is 0 Å². The van der Waals surface area contributed by atoms with Gasteiger partial charge in [-0.1, -0.05) is 91.0 Å². The van der Waals surface area contributed by atoms with Gasteiger partial charge in [-0.2, -0.15) is 0 Å². The molecule has 2 unspecified atom stereocenters. The summed E-state index contributed by atoms with van der Waals surface area (Å²) in [6.07, 6.45) is 0. The van der Waals surface area contributed by atoms with Crippen molar-refractivity contribution in [3.05, 3.63) is 108 Å². The Hall–Kier alpha value is -2.49. The Labute approximate surface area is 175 Å². The number of nitrogens with zero attached hydrogens (tertiary/aromatic N) is 1. The van der Waals surface area contributed by atoms with Crippen LogP contribution in [0.2, 0.25) is 0 Å². The zero-order valence-corrected chi connectivity index (χ0v) is 17.8. The van der Waals surface area contributed by atoms with Gasteiger partial charge >= 0.3 is 0 Å². The minimum atomic E-state index is -1.39. The third-order valence-corrected chi connectivity index (χ3v) is 5.47. The Morgan fingerprint density at radius 2 is 1.21 bits per heavy atom. The molecule has 0 saturated carbocycles. The lowest BCUT2D eigenvalue weighted by Gasteiger charge is -2.39. The quantitative estimate of drug-likeness (QED) is 0.448. The molecule has 0 bridgehead atoms. The van der Waals surface area contributed by atoms with E-state index in [-0.39, 0.29) is 5.91 Å². The van der Waals surface area contributed by atoms with Crippen molar-refractivity contribution in [3.8, 4) is 0 Å². The zero-order valence-electron chi connectivity index (χ0n) is 15.0. The molecule has 3 rings (SSSR count). The molecule has 0 radical (unpaired) electrons. The van der Waals surface area contributed by atoms with Crippen molar-refractivity contribution >= 4 is 37.4 Å². The molecule has 0 aliphatic carbocycles. The van der Waals surface area contributed by atoms with Gasteiger partial charge < -0.3 is 5.73 Å². The molecule has 2 N–H and O–H groups in total. The lowest BCUT2D eigenvalue weighted by molar-refractivity contribution is -0.131. The van der Waals surface area contributed by atoms with Gasteiger partial charge in [-0.15, -0.1) is 0 Å². The first-order valence-electron chi connectivity index (χ1n) is 8.70. The van der Waals surface area contributed by atoms with Gasteiger partial charge in [0.25, 0.3) is 0 Å². The van der Waals surface area contributed by atoms with Crippen LogP contribution in [0.3, 0.4) is 0 Å². The van der Waals surface area contributed by atoms with Crippen LogP contribution < -0.4 is 5.73 Å². The Kier molecular flexibility index (Phi) is 6.28. The van der Waals surface area contributed by atoms with Crippen molar-refractivity contribution < 1.29 is 9.59 Å². The summed E-state index contributed by atoms with van der Waals surface area (Å²) < 4.78 is 1.24. The van der Waals surface area contributed by atoms with Gasteiger partial charge in [0.05, 0.1) is 22.1 Å². The van der Waals surface area contributed by atoms with Crippen LogP contribution in [-0.4, -0.2) is 15.5 Å². The van der Waals surface area contributed by atoms with E-state index in [0.717, 1.165) is 0 Å². The Morgan fingerprint density at radius 3 is 1.57 bits per heavy atom. The van der Waals surface area contributed by atoms with Gasteiger partial charge in [-0.25, -0.2) is 0 Å². The van der Waals surface area contributed by atoms with Crippen LogP contribution >= 0.6 is 25.5 Å². The summed E-state index contributed by atoms with van der Waals surface area (Å²) in [5, 5.41) is 0. The average molecular weight is 455 g/mol. The molecule has 4 nitrogen and oxygen atoms in total. The fraction of sp³-hybridized carbons (Fsp3) is 0.0909. The third kappa shape index (κ3) is 3.60. The minimum absolute atomic E-state index is 0.303. The molecule has 0 aromatic heterocycles. The Morgan fingerprint density at radius 1 is 0.821 bits per heavy atom. The highest BCUT2D eigenvalue weighted by Gasteiger charge is 2.52. The maximum absolute atomic E-state index is 13.4. The van der Waals surface area contributed by atoms with E-state index in [4.69, 9.17) is 5.73 Å². The number of hydrogen-bond donors (Lipinski definition) is 1. The summed E-state index contributed by atoms with van der Waals surface area (Å²) in [5.74, 6) is -1.76. The number of primary amides is 1. The van der Waals surface area contributed by atoms with Crippen LogP contribution in [0.4, 0.5) is 0 Å². The van der Waals surface area contributed by atoms with Crippen LogP contribution in [0.1, 0.15) is 22.6 Å². The summed E-state index contributed by atoms with van der Waals surface area (Å²) in [6, 6.07) is 27.7. The first kappa shape index (κ1) is 20.2. The van der Waals surface area contributed by atoms with Crippen molar-refractivity contribution in [2.24, 2.45) is 5.73 Å². The van der Waals surface area contributed by atoms with Crippen LogP contribution in [-0.2, 0) is 15.0 Å². The van der Waals surface area contributed by atoms with Crippen LogP contribution in [0.15, 0.2) is 91.0 Å².